The molecule has 0 aliphatic carbocycles. The SMILES string of the molecule is CC(C)(CCCCOCCCOCCCCC(C)(C)CC(=O)NC#N)CC(=O)NC#N. The van der Waals surface area contributed by atoms with E-state index in [0.717, 1.165) is 44.9 Å². The van der Waals surface area contributed by atoms with Gasteiger partial charge in [0.05, 0.1) is 0 Å². The molecule has 2 amide bonds. The number of nitrogens with zero attached hydrogens (tertiary/aromatic N) is 2. The Kier molecular flexibility index (Phi) is 15.4. The summed E-state index contributed by atoms with van der Waals surface area (Å²) in [4.78, 5) is 23.0. The molecule has 0 aromatic carbocycles. The molecule has 31 heavy (non-hydrogen) atoms. The Balaban J connectivity index is 3.53. The second-order valence-electron chi connectivity index (χ2n) is 9.49. The van der Waals surface area contributed by atoms with Crippen LogP contribution in [0.4, 0.5) is 0 Å². The van der Waals surface area contributed by atoms with Gasteiger partial charge in [0.25, 0.3) is 0 Å². The number of nitrogens with one attached hydrogen (secondary N) is 2. The van der Waals surface area contributed by atoms with Gasteiger partial charge in [0.1, 0.15) is 0 Å². The highest BCUT2D eigenvalue weighted by molar-refractivity contribution is 5.78. The largest absolute Gasteiger partial charge is 0.381 e. The predicted octanol–water partition coefficient (Wildman–Crippen LogP) is 3.78. The van der Waals surface area contributed by atoms with Gasteiger partial charge in [-0.1, -0.05) is 40.5 Å². The van der Waals surface area contributed by atoms with E-state index in [2.05, 4.69) is 10.6 Å². The summed E-state index contributed by atoms with van der Waals surface area (Å²) in [6.07, 6.45) is 10.6. The Bertz CT molecular complexity index is 554. The van der Waals surface area contributed by atoms with Crippen molar-refractivity contribution in [1.29, 1.82) is 10.5 Å². The van der Waals surface area contributed by atoms with Gasteiger partial charge in [0.15, 0.2) is 12.4 Å². The monoisotopic (exact) mass is 436 g/mol. The van der Waals surface area contributed by atoms with Crippen molar-refractivity contribution in [1.82, 2.24) is 10.6 Å². The molecular formula is C23H40N4O4. The maximum atomic E-state index is 11.5. The molecule has 0 aliphatic rings. The third-order valence-electron chi connectivity index (χ3n) is 5.03. The summed E-state index contributed by atoms with van der Waals surface area (Å²) in [5.74, 6) is -0.453. The molecule has 0 aromatic heterocycles. The van der Waals surface area contributed by atoms with Gasteiger partial charge >= 0.3 is 0 Å². The number of nitriles is 2. The molecule has 0 saturated heterocycles. The minimum Gasteiger partial charge on any atom is -0.381 e. The summed E-state index contributed by atoms with van der Waals surface area (Å²) in [6.45, 7) is 10.9. The molecule has 0 fully saturated rings. The third-order valence-corrected chi connectivity index (χ3v) is 5.03. The molecule has 176 valence electrons. The fourth-order valence-corrected chi connectivity index (χ4v) is 3.34. The quantitative estimate of drug-likeness (QED) is 0.191. The van der Waals surface area contributed by atoms with Crippen molar-refractivity contribution in [3.8, 4) is 12.4 Å². The van der Waals surface area contributed by atoms with Gasteiger partial charge < -0.3 is 9.47 Å². The minimum atomic E-state index is -0.226. The van der Waals surface area contributed by atoms with Crippen molar-refractivity contribution in [2.75, 3.05) is 26.4 Å². The fourth-order valence-electron chi connectivity index (χ4n) is 3.34. The van der Waals surface area contributed by atoms with E-state index in [4.69, 9.17) is 20.0 Å². The molecule has 0 heterocycles. The van der Waals surface area contributed by atoms with E-state index < -0.39 is 0 Å². The van der Waals surface area contributed by atoms with Crippen LogP contribution in [0.5, 0.6) is 0 Å². The average Bonchev–Trinajstić information content (AvgIpc) is 2.64. The van der Waals surface area contributed by atoms with E-state index in [1.165, 1.54) is 0 Å². The van der Waals surface area contributed by atoms with Crippen LogP contribution >= 0.6 is 0 Å². The van der Waals surface area contributed by atoms with Crippen LogP contribution in [0.25, 0.3) is 0 Å². The number of hydrogen-bond acceptors (Lipinski definition) is 6. The number of amides is 2. The standard InChI is InChI=1S/C23H40N4O4/c1-22(2,16-20(28)26-18-24)10-5-7-12-30-14-9-15-31-13-8-6-11-23(3,4)17-21(29)27-19-25/h5-17H2,1-4H3,(H,26,28)(H,27,29). The smallest absolute Gasteiger partial charge is 0.233 e. The van der Waals surface area contributed by atoms with Crippen molar-refractivity contribution in [3.05, 3.63) is 0 Å². The van der Waals surface area contributed by atoms with Crippen LogP contribution in [0, 0.1) is 33.7 Å². The Morgan fingerprint density at radius 3 is 1.39 bits per heavy atom. The number of hydrogen-bond donors (Lipinski definition) is 2. The molecule has 0 atom stereocenters. The molecule has 2 N–H and O–H groups in total. The zero-order chi connectivity index (χ0) is 23.6. The number of rotatable bonds is 18. The Hall–Kier alpha value is -2.16. The van der Waals surface area contributed by atoms with Gasteiger partial charge in [-0.2, -0.15) is 10.5 Å². The molecule has 0 saturated carbocycles. The first-order valence-corrected chi connectivity index (χ1v) is 11.1. The van der Waals surface area contributed by atoms with Gasteiger partial charge in [0.2, 0.25) is 11.8 Å². The van der Waals surface area contributed by atoms with E-state index >= 15 is 0 Å². The second-order valence-corrected chi connectivity index (χ2v) is 9.49. The van der Waals surface area contributed by atoms with Crippen molar-refractivity contribution in [2.24, 2.45) is 10.8 Å². The molecule has 8 heteroatoms. The van der Waals surface area contributed by atoms with Crippen LogP contribution in [0.15, 0.2) is 0 Å². The average molecular weight is 437 g/mol. The number of ether oxygens (including phenoxy) is 2. The normalized spacial score (nSPS) is 11.4. The van der Waals surface area contributed by atoms with Crippen molar-refractivity contribution < 1.29 is 19.1 Å². The molecule has 8 nitrogen and oxygen atoms in total. The lowest BCUT2D eigenvalue weighted by atomic mass is 9.83. The fraction of sp³-hybridized carbons (Fsp3) is 0.826. The van der Waals surface area contributed by atoms with Crippen molar-refractivity contribution in [3.63, 3.8) is 0 Å². The number of unbranched alkanes of at least 4 members (excludes halogenated alkanes) is 2. The lowest BCUT2D eigenvalue weighted by Crippen LogP contribution is -2.25. The van der Waals surface area contributed by atoms with Crippen LogP contribution in [0.1, 0.15) is 85.5 Å². The number of carbonyl (C=O) groups excluding carboxylic acids is 2. The molecule has 0 unspecified atom stereocenters. The zero-order valence-corrected chi connectivity index (χ0v) is 19.7. The lowest BCUT2D eigenvalue weighted by molar-refractivity contribution is -0.122. The topological polar surface area (TPSA) is 124 Å². The van der Waals surface area contributed by atoms with Crippen LogP contribution in [-0.2, 0) is 19.1 Å². The Labute approximate surface area is 187 Å². The lowest BCUT2D eigenvalue weighted by Gasteiger charge is -2.23. The van der Waals surface area contributed by atoms with Gasteiger partial charge in [-0.05, 0) is 42.9 Å². The summed E-state index contributed by atoms with van der Waals surface area (Å²) in [5.41, 5.74) is -0.236. The summed E-state index contributed by atoms with van der Waals surface area (Å²) in [6, 6.07) is 0. The molecule has 0 spiro atoms. The van der Waals surface area contributed by atoms with Crippen molar-refractivity contribution >= 4 is 11.8 Å². The van der Waals surface area contributed by atoms with E-state index in [1.54, 1.807) is 12.4 Å². The molecular weight excluding hydrogens is 396 g/mol. The second kappa shape index (κ2) is 16.5. The highest BCUT2D eigenvalue weighted by Crippen LogP contribution is 2.28. The molecule has 0 aromatic rings. The Morgan fingerprint density at radius 2 is 1.03 bits per heavy atom. The van der Waals surface area contributed by atoms with Gasteiger partial charge in [0, 0.05) is 39.3 Å². The van der Waals surface area contributed by atoms with E-state index in [-0.39, 0.29) is 22.6 Å². The van der Waals surface area contributed by atoms with Crippen LogP contribution in [-0.4, -0.2) is 38.2 Å². The minimum absolute atomic E-state index is 0.118. The molecule has 0 bridgehead atoms. The summed E-state index contributed by atoms with van der Waals surface area (Å²) >= 11 is 0. The highest BCUT2D eigenvalue weighted by Gasteiger charge is 2.22. The van der Waals surface area contributed by atoms with Gasteiger partial charge in [-0.15, -0.1) is 0 Å². The highest BCUT2D eigenvalue weighted by atomic mass is 16.5. The van der Waals surface area contributed by atoms with Crippen LogP contribution in [0.2, 0.25) is 0 Å². The van der Waals surface area contributed by atoms with E-state index in [0.29, 0.717) is 39.3 Å². The molecule has 0 radical (unpaired) electrons. The predicted molar refractivity (Wildman–Crippen MR) is 118 cm³/mol. The molecule has 0 rings (SSSR count). The number of carbonyl (C=O) groups is 2. The van der Waals surface area contributed by atoms with Gasteiger partial charge in [-0.3, -0.25) is 20.2 Å². The first-order valence-electron chi connectivity index (χ1n) is 11.1. The summed E-state index contributed by atoms with van der Waals surface area (Å²) in [5, 5.41) is 21.3. The maximum Gasteiger partial charge on any atom is 0.233 e. The zero-order valence-electron chi connectivity index (χ0n) is 19.7. The van der Waals surface area contributed by atoms with E-state index in [9.17, 15) is 9.59 Å². The van der Waals surface area contributed by atoms with Gasteiger partial charge in [-0.25, -0.2) is 0 Å². The van der Waals surface area contributed by atoms with Crippen LogP contribution < -0.4 is 10.6 Å². The third kappa shape index (κ3) is 18.3. The van der Waals surface area contributed by atoms with Crippen molar-refractivity contribution in [2.45, 2.75) is 85.5 Å². The maximum absolute atomic E-state index is 11.5. The first-order chi connectivity index (χ1) is 14.6. The summed E-state index contributed by atoms with van der Waals surface area (Å²) in [7, 11) is 0. The summed E-state index contributed by atoms with van der Waals surface area (Å²) < 4.78 is 11.3. The molecule has 0 aliphatic heterocycles. The Morgan fingerprint density at radius 1 is 0.677 bits per heavy atom. The van der Waals surface area contributed by atoms with E-state index in [1.807, 2.05) is 27.7 Å². The first kappa shape index (κ1) is 28.8. The van der Waals surface area contributed by atoms with Crippen LogP contribution in [0.3, 0.4) is 0 Å².